The van der Waals surface area contributed by atoms with E-state index < -0.39 is 0 Å². The van der Waals surface area contributed by atoms with Crippen LogP contribution in [0.3, 0.4) is 0 Å². The Hall–Kier alpha value is -0.890. The van der Waals surface area contributed by atoms with Crippen LogP contribution < -0.4 is 5.73 Å². The van der Waals surface area contributed by atoms with Crippen molar-refractivity contribution < 1.29 is 0 Å². The van der Waals surface area contributed by atoms with E-state index in [4.69, 9.17) is 5.73 Å². The van der Waals surface area contributed by atoms with Gasteiger partial charge in [0.1, 0.15) is 0 Å². The molecule has 1 unspecified atom stereocenters. The van der Waals surface area contributed by atoms with Gasteiger partial charge in [-0.1, -0.05) is 33.8 Å². The van der Waals surface area contributed by atoms with Crippen molar-refractivity contribution in [1.82, 2.24) is 4.98 Å². The summed E-state index contributed by atoms with van der Waals surface area (Å²) in [5, 5.41) is 0. The lowest BCUT2D eigenvalue weighted by atomic mass is 9.83. The maximum atomic E-state index is 6.19. The number of pyridine rings is 1. The van der Waals surface area contributed by atoms with Gasteiger partial charge < -0.3 is 5.73 Å². The Morgan fingerprint density at radius 3 is 2.57 bits per heavy atom. The number of nitrogens with zero attached hydrogens (tertiary/aromatic N) is 1. The summed E-state index contributed by atoms with van der Waals surface area (Å²) in [5.41, 5.74) is 8.56. The van der Waals surface area contributed by atoms with E-state index in [0.29, 0.717) is 0 Å². The van der Waals surface area contributed by atoms with Crippen LogP contribution in [0.4, 0.5) is 0 Å². The van der Waals surface area contributed by atoms with E-state index in [-0.39, 0.29) is 11.5 Å². The highest BCUT2D eigenvalue weighted by Crippen LogP contribution is 2.30. The minimum Gasteiger partial charge on any atom is -0.322 e. The first-order valence-corrected chi connectivity index (χ1v) is 5.16. The van der Waals surface area contributed by atoms with Gasteiger partial charge in [-0.05, 0) is 23.5 Å². The van der Waals surface area contributed by atoms with Crippen molar-refractivity contribution in [2.75, 3.05) is 0 Å². The van der Waals surface area contributed by atoms with Crippen LogP contribution >= 0.6 is 0 Å². The van der Waals surface area contributed by atoms with E-state index in [0.717, 1.165) is 12.1 Å². The summed E-state index contributed by atoms with van der Waals surface area (Å²) in [6, 6.07) is 4.09. The Morgan fingerprint density at radius 2 is 2.07 bits per heavy atom. The van der Waals surface area contributed by atoms with E-state index in [1.54, 1.807) is 0 Å². The topological polar surface area (TPSA) is 38.9 Å². The highest BCUT2D eigenvalue weighted by atomic mass is 14.8. The highest BCUT2D eigenvalue weighted by Gasteiger charge is 2.24. The molecular formula is C12H20N2. The average molecular weight is 192 g/mol. The highest BCUT2D eigenvalue weighted by molar-refractivity contribution is 5.23. The molecule has 0 aliphatic carbocycles. The summed E-state index contributed by atoms with van der Waals surface area (Å²) in [6.07, 6.45) is 2.81. The normalized spacial score (nSPS) is 14.1. The molecule has 1 heterocycles. The molecule has 0 fully saturated rings. The SMILES string of the molecule is CCc1cccnc1C(N)C(C)(C)C. The Balaban J connectivity index is 3.06. The second-order valence-electron chi connectivity index (χ2n) is 4.75. The van der Waals surface area contributed by atoms with Crippen LogP contribution in [0.25, 0.3) is 0 Å². The molecule has 1 atom stereocenters. The third-order valence-electron chi connectivity index (χ3n) is 2.53. The number of aryl methyl sites for hydroxylation is 1. The van der Waals surface area contributed by atoms with Crippen molar-refractivity contribution in [3.8, 4) is 0 Å². The van der Waals surface area contributed by atoms with Gasteiger partial charge in [0.25, 0.3) is 0 Å². The summed E-state index contributed by atoms with van der Waals surface area (Å²) < 4.78 is 0. The average Bonchev–Trinajstić information content (AvgIpc) is 2.15. The Morgan fingerprint density at radius 1 is 1.43 bits per heavy atom. The van der Waals surface area contributed by atoms with Crippen molar-refractivity contribution in [2.24, 2.45) is 11.1 Å². The predicted molar refractivity (Wildman–Crippen MR) is 60.0 cm³/mol. The molecule has 2 nitrogen and oxygen atoms in total. The van der Waals surface area contributed by atoms with Gasteiger partial charge in [0.2, 0.25) is 0 Å². The third kappa shape index (κ3) is 2.32. The van der Waals surface area contributed by atoms with E-state index in [1.165, 1.54) is 5.56 Å². The molecular weight excluding hydrogens is 172 g/mol. The van der Waals surface area contributed by atoms with Crippen molar-refractivity contribution in [2.45, 2.75) is 40.2 Å². The molecule has 2 heteroatoms. The Bertz CT molecular complexity index is 299. The fourth-order valence-corrected chi connectivity index (χ4v) is 1.44. The summed E-state index contributed by atoms with van der Waals surface area (Å²) in [4.78, 5) is 4.39. The summed E-state index contributed by atoms with van der Waals surface area (Å²) in [6.45, 7) is 8.57. The van der Waals surface area contributed by atoms with Gasteiger partial charge in [-0.3, -0.25) is 4.98 Å². The van der Waals surface area contributed by atoms with E-state index in [9.17, 15) is 0 Å². The smallest absolute Gasteiger partial charge is 0.0608 e. The zero-order valence-corrected chi connectivity index (χ0v) is 9.54. The van der Waals surface area contributed by atoms with Crippen LogP contribution in [0.2, 0.25) is 0 Å². The Labute approximate surface area is 86.5 Å². The van der Waals surface area contributed by atoms with Gasteiger partial charge in [-0.25, -0.2) is 0 Å². The van der Waals surface area contributed by atoms with Crippen molar-refractivity contribution in [1.29, 1.82) is 0 Å². The third-order valence-corrected chi connectivity index (χ3v) is 2.53. The molecule has 0 spiro atoms. The van der Waals surface area contributed by atoms with Crippen molar-refractivity contribution in [3.05, 3.63) is 29.6 Å². The molecule has 0 amide bonds. The molecule has 0 aromatic carbocycles. The lowest BCUT2D eigenvalue weighted by molar-refractivity contribution is 0.320. The molecule has 0 aliphatic heterocycles. The summed E-state index contributed by atoms with van der Waals surface area (Å²) in [7, 11) is 0. The molecule has 0 saturated carbocycles. The second-order valence-corrected chi connectivity index (χ2v) is 4.75. The Kier molecular flexibility index (Phi) is 3.27. The number of hydrogen-bond donors (Lipinski definition) is 1. The lowest BCUT2D eigenvalue weighted by Gasteiger charge is -2.27. The van der Waals surface area contributed by atoms with Crippen LogP contribution in [-0.4, -0.2) is 4.98 Å². The van der Waals surface area contributed by atoms with Gasteiger partial charge in [0, 0.05) is 6.20 Å². The lowest BCUT2D eigenvalue weighted by Crippen LogP contribution is -2.28. The van der Waals surface area contributed by atoms with E-state index in [1.807, 2.05) is 12.3 Å². The number of hydrogen-bond acceptors (Lipinski definition) is 2. The van der Waals surface area contributed by atoms with E-state index in [2.05, 4.69) is 38.7 Å². The predicted octanol–water partition coefficient (Wildman–Crippen LogP) is 2.69. The molecule has 0 bridgehead atoms. The molecule has 0 radical (unpaired) electrons. The largest absolute Gasteiger partial charge is 0.322 e. The molecule has 0 aliphatic rings. The number of rotatable bonds is 2. The first-order valence-electron chi connectivity index (χ1n) is 5.16. The summed E-state index contributed by atoms with van der Waals surface area (Å²) >= 11 is 0. The van der Waals surface area contributed by atoms with Crippen molar-refractivity contribution >= 4 is 0 Å². The summed E-state index contributed by atoms with van der Waals surface area (Å²) in [5.74, 6) is 0. The van der Waals surface area contributed by atoms with Crippen molar-refractivity contribution in [3.63, 3.8) is 0 Å². The van der Waals surface area contributed by atoms with E-state index >= 15 is 0 Å². The first kappa shape index (κ1) is 11.2. The number of aromatic nitrogens is 1. The molecule has 14 heavy (non-hydrogen) atoms. The fourth-order valence-electron chi connectivity index (χ4n) is 1.44. The van der Waals surface area contributed by atoms with Crippen LogP contribution in [-0.2, 0) is 6.42 Å². The van der Waals surface area contributed by atoms with Crippen LogP contribution in [0, 0.1) is 5.41 Å². The minimum absolute atomic E-state index is 0.0126. The monoisotopic (exact) mass is 192 g/mol. The molecule has 1 aromatic rings. The number of nitrogens with two attached hydrogens (primary N) is 1. The van der Waals surface area contributed by atoms with Gasteiger partial charge in [-0.15, -0.1) is 0 Å². The van der Waals surface area contributed by atoms with Gasteiger partial charge in [0.15, 0.2) is 0 Å². The second kappa shape index (κ2) is 4.09. The minimum atomic E-state index is 0.0126. The van der Waals surface area contributed by atoms with Crippen LogP contribution in [0.15, 0.2) is 18.3 Å². The van der Waals surface area contributed by atoms with Gasteiger partial charge >= 0.3 is 0 Å². The molecule has 0 saturated heterocycles. The van der Waals surface area contributed by atoms with Crippen LogP contribution in [0.5, 0.6) is 0 Å². The fraction of sp³-hybridized carbons (Fsp3) is 0.583. The van der Waals surface area contributed by atoms with Gasteiger partial charge in [-0.2, -0.15) is 0 Å². The first-order chi connectivity index (χ1) is 6.46. The molecule has 2 N–H and O–H groups in total. The maximum absolute atomic E-state index is 6.19. The molecule has 1 aromatic heterocycles. The maximum Gasteiger partial charge on any atom is 0.0608 e. The zero-order valence-electron chi connectivity index (χ0n) is 9.54. The van der Waals surface area contributed by atoms with Gasteiger partial charge in [0.05, 0.1) is 11.7 Å². The zero-order chi connectivity index (χ0) is 10.8. The quantitative estimate of drug-likeness (QED) is 0.782. The molecule has 1 rings (SSSR count). The molecule has 78 valence electrons. The standard InChI is InChI=1S/C12H20N2/c1-5-9-7-6-8-14-10(9)11(13)12(2,3)4/h6-8,11H,5,13H2,1-4H3. The van der Waals surface area contributed by atoms with Crippen LogP contribution in [0.1, 0.15) is 45.0 Å².